The predicted molar refractivity (Wildman–Crippen MR) is 216 cm³/mol. The first-order valence-electron chi connectivity index (χ1n) is 16.7. The third-order valence-electron chi connectivity index (χ3n) is 8.10. The smallest absolute Gasteiger partial charge is 0.244 e. The van der Waals surface area contributed by atoms with Crippen LogP contribution in [0.4, 0.5) is 22.7 Å². The Bertz CT molecular complexity index is 2580. The molecular weight excluding hydrogens is 887 g/mol. The van der Waals surface area contributed by atoms with E-state index >= 15 is 0 Å². The van der Waals surface area contributed by atoms with E-state index in [2.05, 4.69) is 30.7 Å². The summed E-state index contributed by atoms with van der Waals surface area (Å²) in [5, 5.41) is 65.2. The van der Waals surface area contributed by atoms with Gasteiger partial charge >= 0.3 is 0 Å². The molecule has 0 aliphatic carbocycles. The molecule has 2 aromatic heterocycles. The first kappa shape index (κ1) is 46.3. The van der Waals surface area contributed by atoms with Gasteiger partial charge in [-0.3, -0.25) is 0 Å². The Hall–Kier alpha value is -5.37. The van der Waals surface area contributed by atoms with Gasteiger partial charge in [0.15, 0.2) is 11.4 Å². The molecule has 310 valence electrons. The molecule has 0 fully saturated rings. The van der Waals surface area contributed by atoms with Crippen LogP contribution in [0.5, 0.6) is 23.3 Å². The zero-order valence-corrected chi connectivity index (χ0v) is 36.4. The largest absolute Gasteiger partial charge is 0.506 e. The summed E-state index contributed by atoms with van der Waals surface area (Å²) in [5.41, 5.74) is 2.19. The number of rotatable bonds is 10. The molecule has 6 rings (SSSR count). The minimum Gasteiger partial charge on any atom is -0.506 e. The fraction of sp³-hybridized carbons (Fsp3) is 0.167. The molecule has 6 aromatic rings. The van der Waals surface area contributed by atoms with Crippen molar-refractivity contribution in [3.63, 3.8) is 0 Å². The monoisotopic (exact) mass is 922 g/mol. The summed E-state index contributed by atoms with van der Waals surface area (Å²) in [6.07, 6.45) is 0. The molecule has 0 radical (unpaired) electrons. The molecule has 0 amide bonds. The van der Waals surface area contributed by atoms with Crippen molar-refractivity contribution in [2.24, 2.45) is 20.5 Å². The summed E-state index contributed by atoms with van der Waals surface area (Å²) >= 11 is 12.1. The minimum absolute atomic E-state index is 0. The molecule has 59 heavy (non-hydrogen) atoms. The molecule has 0 atom stereocenters. The first-order chi connectivity index (χ1) is 27.2. The van der Waals surface area contributed by atoms with Crippen LogP contribution in [0.2, 0.25) is 10.0 Å². The molecule has 0 saturated carbocycles. The van der Waals surface area contributed by atoms with Crippen molar-refractivity contribution >= 4 is 66.0 Å². The van der Waals surface area contributed by atoms with Crippen LogP contribution < -0.4 is 0 Å². The van der Waals surface area contributed by atoms with Crippen LogP contribution in [0.25, 0.3) is 11.4 Å². The van der Waals surface area contributed by atoms with Crippen LogP contribution in [0, 0.1) is 13.8 Å². The quantitative estimate of drug-likeness (QED) is 0.0971. The van der Waals surface area contributed by atoms with Gasteiger partial charge in [0.05, 0.1) is 32.8 Å². The first-order valence-corrected chi connectivity index (χ1v) is 20.3. The molecule has 0 aliphatic heterocycles. The van der Waals surface area contributed by atoms with E-state index in [1.54, 1.807) is 62.4 Å². The van der Waals surface area contributed by atoms with Crippen molar-refractivity contribution in [2.75, 3.05) is 28.2 Å². The molecule has 4 N–H and O–H groups in total. The molecule has 0 unspecified atom stereocenters. The van der Waals surface area contributed by atoms with Crippen molar-refractivity contribution in [3.8, 4) is 34.6 Å². The van der Waals surface area contributed by atoms with Gasteiger partial charge in [-0.25, -0.2) is 25.4 Å². The molecule has 23 heteroatoms. The number of hydrogen-bond donors (Lipinski definition) is 4. The van der Waals surface area contributed by atoms with Gasteiger partial charge < -0.3 is 20.4 Å². The van der Waals surface area contributed by atoms with Crippen LogP contribution in [0.15, 0.2) is 115 Å². The number of phenols is 2. The van der Waals surface area contributed by atoms with Gasteiger partial charge in [0.1, 0.15) is 32.7 Å². The molecule has 4 aromatic carbocycles. The molecule has 0 saturated heterocycles. The van der Waals surface area contributed by atoms with E-state index in [1.165, 1.54) is 49.7 Å². The van der Waals surface area contributed by atoms with Crippen molar-refractivity contribution in [1.82, 2.24) is 28.2 Å². The van der Waals surface area contributed by atoms with Crippen LogP contribution in [0.1, 0.15) is 11.4 Å². The Kier molecular flexibility index (Phi) is 14.7. The van der Waals surface area contributed by atoms with E-state index in [0.717, 1.165) is 20.7 Å². The maximum atomic E-state index is 12.3. The van der Waals surface area contributed by atoms with Gasteiger partial charge in [-0.2, -0.15) is 19.6 Å². The normalized spacial score (nSPS) is 12.0. The Labute approximate surface area is 360 Å². The van der Waals surface area contributed by atoms with Crippen molar-refractivity contribution < 1.29 is 54.6 Å². The molecule has 0 spiro atoms. The second kappa shape index (κ2) is 18.7. The average molecular weight is 924 g/mol. The van der Waals surface area contributed by atoms with Crippen molar-refractivity contribution in [2.45, 2.75) is 23.6 Å². The number of benzene rings is 4. The molecule has 0 bridgehead atoms. The second-order valence-electron chi connectivity index (χ2n) is 12.5. The number of aryl methyl sites for hydroxylation is 2. The third kappa shape index (κ3) is 9.92. The summed E-state index contributed by atoms with van der Waals surface area (Å²) in [6, 6.07) is 22.3. The fourth-order valence-corrected chi connectivity index (χ4v) is 7.79. The Morgan fingerprint density at radius 2 is 0.881 bits per heavy atom. The fourth-order valence-electron chi connectivity index (χ4n) is 4.97. The van der Waals surface area contributed by atoms with Crippen LogP contribution in [-0.2, 0) is 37.4 Å². The van der Waals surface area contributed by atoms with E-state index < -0.39 is 31.5 Å². The number of aromatic hydroxyl groups is 4. The maximum Gasteiger partial charge on any atom is 0.244 e. The van der Waals surface area contributed by atoms with Gasteiger partial charge in [0, 0.05) is 57.7 Å². The number of nitrogens with zero attached hydrogens (tertiary/aromatic N) is 10. The van der Waals surface area contributed by atoms with E-state index in [0.29, 0.717) is 22.8 Å². The Morgan fingerprint density at radius 3 is 1.19 bits per heavy atom. The van der Waals surface area contributed by atoms with Gasteiger partial charge in [0.25, 0.3) is 0 Å². The summed E-state index contributed by atoms with van der Waals surface area (Å²) in [4.78, 5) is -0.506. The van der Waals surface area contributed by atoms with Crippen molar-refractivity contribution in [1.29, 1.82) is 0 Å². The predicted octanol–water partition coefficient (Wildman–Crippen LogP) is 7.82. The van der Waals surface area contributed by atoms with Crippen molar-refractivity contribution in [3.05, 3.63) is 106 Å². The number of aromatic nitrogens is 4. The zero-order valence-electron chi connectivity index (χ0n) is 32.0. The van der Waals surface area contributed by atoms with E-state index in [9.17, 15) is 37.3 Å². The summed E-state index contributed by atoms with van der Waals surface area (Å²) in [7, 11) is -2.26. The number of hydrogen-bond acceptors (Lipinski definition) is 14. The van der Waals surface area contributed by atoms with Gasteiger partial charge in [-0.05, 0) is 50.2 Å². The molecule has 2 heterocycles. The third-order valence-corrected chi connectivity index (χ3v) is 12.7. The summed E-state index contributed by atoms with van der Waals surface area (Å²) in [5.74, 6) is -1.30. The topological polar surface area (TPSA) is 241 Å². The van der Waals surface area contributed by atoms with Crippen LogP contribution >= 0.6 is 23.2 Å². The summed E-state index contributed by atoms with van der Waals surface area (Å²) in [6.45, 7) is 3.29. The Balaban J connectivity index is 0.000000256. The number of halogens is 2. The molecule has 18 nitrogen and oxygen atoms in total. The number of para-hydroxylation sites is 2. The number of sulfonamides is 2. The van der Waals surface area contributed by atoms with Gasteiger partial charge in [-0.15, -0.1) is 20.5 Å². The van der Waals surface area contributed by atoms with Crippen LogP contribution in [0.3, 0.4) is 0 Å². The Morgan fingerprint density at radius 1 is 0.559 bits per heavy atom. The molecule has 0 aliphatic rings. The average Bonchev–Trinajstić information content (AvgIpc) is 3.63. The summed E-state index contributed by atoms with van der Waals surface area (Å²) < 4.78 is 53.6. The van der Waals surface area contributed by atoms with Crippen LogP contribution in [-0.4, -0.2) is 93.6 Å². The maximum absolute atomic E-state index is 12.3. The number of phenolic OH excluding ortho intramolecular Hbond substituents is 2. The van der Waals surface area contributed by atoms with E-state index in [4.69, 9.17) is 23.2 Å². The second-order valence-corrected chi connectivity index (χ2v) is 17.6. The molecular formula is C36H36Cl2CrN10O8S2. The van der Waals surface area contributed by atoms with Gasteiger partial charge in [-0.1, -0.05) is 59.6 Å². The zero-order chi connectivity index (χ0) is 42.7. The standard InChI is InChI=1S/2C18H18ClN5O4S.Cr/c2*1-11-17(18(26)24(22-11)12-7-5-4-6-8-12)21-20-14-9-13(19)16(10-15(14)25)29(27,28)23(2)3;/h2*4-10,25-26H,1-3H3;. The van der Waals surface area contributed by atoms with E-state index in [1.807, 2.05) is 12.1 Å². The van der Waals surface area contributed by atoms with Gasteiger partial charge in [0.2, 0.25) is 31.8 Å². The van der Waals surface area contributed by atoms with E-state index in [-0.39, 0.29) is 71.7 Å². The SMILES string of the molecule is Cc1nn(-c2ccccc2)c(O)c1N=Nc1cc(Cl)c(S(=O)(=O)N(C)C)cc1O.Cc1nn(-c2ccccc2)c(O)c1N=Nc1cc(Cl)c(S(=O)(=O)N(C)C)cc1O.[Cr]. The number of azo groups is 2. The minimum atomic E-state index is -3.84.